The number of aromatic nitrogens is 4. The molecule has 0 aromatic carbocycles. The van der Waals surface area contributed by atoms with Crippen LogP contribution in [0, 0.1) is 0 Å². The molecular formula is C16H18N8O2. The average Bonchev–Trinajstić information content (AvgIpc) is 3.09. The lowest BCUT2D eigenvalue weighted by Gasteiger charge is -2.14. The summed E-state index contributed by atoms with van der Waals surface area (Å²) in [5, 5.41) is 5.94. The van der Waals surface area contributed by atoms with E-state index in [0.717, 1.165) is 11.9 Å². The molecule has 3 rings (SSSR count). The predicted octanol–water partition coefficient (Wildman–Crippen LogP) is 0.295. The molecule has 1 amide bonds. The molecule has 1 unspecified atom stereocenters. The molecule has 3 aromatic rings. The van der Waals surface area contributed by atoms with Crippen molar-refractivity contribution in [3.63, 3.8) is 0 Å². The van der Waals surface area contributed by atoms with Crippen molar-refractivity contribution in [1.82, 2.24) is 19.4 Å². The van der Waals surface area contributed by atoms with Crippen LogP contribution < -0.4 is 22.1 Å². The molecule has 0 spiro atoms. The van der Waals surface area contributed by atoms with Crippen molar-refractivity contribution in [2.75, 3.05) is 17.2 Å². The Morgan fingerprint density at radius 3 is 2.92 bits per heavy atom. The summed E-state index contributed by atoms with van der Waals surface area (Å²) in [6.45, 7) is 0.346. The lowest BCUT2D eigenvalue weighted by atomic mass is 10.2. The molecule has 0 fully saturated rings. The third kappa shape index (κ3) is 3.75. The highest BCUT2D eigenvalue weighted by atomic mass is 16.1. The van der Waals surface area contributed by atoms with Gasteiger partial charge in [-0.05, 0) is 25.1 Å². The second-order valence-corrected chi connectivity index (χ2v) is 5.52. The maximum Gasteiger partial charge on any atom is 0.271 e. The van der Waals surface area contributed by atoms with E-state index in [9.17, 15) is 9.59 Å². The maximum absolute atomic E-state index is 11.6. The highest BCUT2D eigenvalue weighted by Crippen LogP contribution is 2.20. The summed E-state index contributed by atoms with van der Waals surface area (Å²) in [6, 6.07) is 3.10. The van der Waals surface area contributed by atoms with E-state index in [1.807, 2.05) is 10.5 Å². The van der Waals surface area contributed by atoms with Crippen molar-refractivity contribution in [2.24, 2.45) is 11.5 Å². The van der Waals surface area contributed by atoms with E-state index in [1.165, 1.54) is 6.20 Å². The first-order chi connectivity index (χ1) is 12.6. The SMILES string of the molecule is NCCC(C=O)Nc1cnc(C(N)=O)c(Nc2ccc3nccn3c2)n1. The van der Waals surface area contributed by atoms with E-state index in [4.69, 9.17) is 11.5 Å². The Labute approximate surface area is 148 Å². The monoisotopic (exact) mass is 354 g/mol. The van der Waals surface area contributed by atoms with Gasteiger partial charge < -0.3 is 31.3 Å². The fraction of sp³-hybridized carbons (Fsp3) is 0.188. The van der Waals surface area contributed by atoms with Crippen LogP contribution in [-0.4, -0.2) is 44.1 Å². The van der Waals surface area contributed by atoms with Crippen LogP contribution in [0.25, 0.3) is 5.65 Å². The summed E-state index contributed by atoms with van der Waals surface area (Å²) in [6.07, 6.45) is 7.80. The average molecular weight is 354 g/mol. The van der Waals surface area contributed by atoms with Gasteiger partial charge in [0.15, 0.2) is 11.5 Å². The number of nitrogens with one attached hydrogen (secondary N) is 2. The van der Waals surface area contributed by atoms with E-state index < -0.39 is 11.9 Å². The third-order valence-electron chi connectivity index (χ3n) is 3.63. The number of pyridine rings is 1. The quantitative estimate of drug-likeness (QED) is 0.421. The van der Waals surface area contributed by atoms with Crippen LogP contribution >= 0.6 is 0 Å². The normalized spacial score (nSPS) is 11.9. The van der Waals surface area contributed by atoms with E-state index in [-0.39, 0.29) is 11.5 Å². The van der Waals surface area contributed by atoms with Crippen molar-refractivity contribution < 1.29 is 9.59 Å². The van der Waals surface area contributed by atoms with Crippen molar-refractivity contribution >= 4 is 35.2 Å². The van der Waals surface area contributed by atoms with E-state index >= 15 is 0 Å². The maximum atomic E-state index is 11.6. The van der Waals surface area contributed by atoms with E-state index in [1.54, 1.807) is 24.7 Å². The van der Waals surface area contributed by atoms with Crippen molar-refractivity contribution in [3.05, 3.63) is 42.6 Å². The number of hydrogen-bond donors (Lipinski definition) is 4. The van der Waals surface area contributed by atoms with Gasteiger partial charge in [-0.3, -0.25) is 4.79 Å². The molecule has 0 aliphatic heterocycles. The molecule has 0 saturated heterocycles. The number of fused-ring (bicyclic) bond motifs is 1. The Kier molecular flexibility index (Phi) is 5.04. The first kappa shape index (κ1) is 17.3. The number of carbonyl (C=O) groups is 2. The summed E-state index contributed by atoms with van der Waals surface area (Å²) >= 11 is 0. The van der Waals surface area contributed by atoms with E-state index in [0.29, 0.717) is 24.5 Å². The fourth-order valence-corrected chi connectivity index (χ4v) is 2.40. The number of carbonyl (C=O) groups excluding carboxylic acids is 2. The molecule has 10 heteroatoms. The molecule has 0 bridgehead atoms. The highest BCUT2D eigenvalue weighted by molar-refractivity contribution is 5.96. The number of primary amides is 1. The second kappa shape index (κ2) is 7.57. The zero-order chi connectivity index (χ0) is 18.5. The largest absolute Gasteiger partial charge is 0.364 e. The molecule has 1 atom stereocenters. The molecule has 10 nitrogen and oxygen atoms in total. The molecular weight excluding hydrogens is 336 g/mol. The number of rotatable bonds is 8. The Balaban J connectivity index is 1.90. The van der Waals surface area contributed by atoms with Crippen LogP contribution in [0.1, 0.15) is 16.9 Å². The van der Waals surface area contributed by atoms with Crippen molar-refractivity contribution in [3.8, 4) is 0 Å². The lowest BCUT2D eigenvalue weighted by molar-refractivity contribution is -0.108. The Bertz CT molecular complexity index is 939. The van der Waals surface area contributed by atoms with Crippen LogP contribution in [0.15, 0.2) is 36.9 Å². The number of nitrogens with zero attached hydrogens (tertiary/aromatic N) is 4. The van der Waals surface area contributed by atoms with Gasteiger partial charge in [0, 0.05) is 18.6 Å². The minimum atomic E-state index is -0.718. The third-order valence-corrected chi connectivity index (χ3v) is 3.63. The summed E-state index contributed by atoms with van der Waals surface area (Å²) < 4.78 is 1.81. The van der Waals surface area contributed by atoms with Crippen LogP contribution in [0.3, 0.4) is 0 Å². The number of aldehydes is 1. The predicted molar refractivity (Wildman–Crippen MR) is 96.2 cm³/mol. The molecule has 3 heterocycles. The summed E-state index contributed by atoms with van der Waals surface area (Å²) in [7, 11) is 0. The van der Waals surface area contributed by atoms with Gasteiger partial charge in [-0.15, -0.1) is 0 Å². The summed E-state index contributed by atoms with van der Waals surface area (Å²) in [5.74, 6) is -0.213. The summed E-state index contributed by atoms with van der Waals surface area (Å²) in [4.78, 5) is 35.3. The first-order valence-electron chi connectivity index (χ1n) is 7.89. The van der Waals surface area contributed by atoms with Gasteiger partial charge in [-0.2, -0.15) is 0 Å². The van der Waals surface area contributed by atoms with Crippen LogP contribution in [0.5, 0.6) is 0 Å². The molecule has 0 radical (unpaired) electrons. The number of nitrogens with two attached hydrogens (primary N) is 2. The Hall–Kier alpha value is -3.53. The zero-order valence-corrected chi connectivity index (χ0v) is 13.8. The smallest absolute Gasteiger partial charge is 0.271 e. The first-order valence-corrected chi connectivity index (χ1v) is 7.89. The number of amides is 1. The number of anilines is 3. The second-order valence-electron chi connectivity index (χ2n) is 5.52. The highest BCUT2D eigenvalue weighted by Gasteiger charge is 2.15. The van der Waals surface area contributed by atoms with Gasteiger partial charge in [-0.1, -0.05) is 0 Å². The van der Waals surface area contributed by atoms with Gasteiger partial charge in [0.1, 0.15) is 17.8 Å². The van der Waals surface area contributed by atoms with Gasteiger partial charge >= 0.3 is 0 Å². The van der Waals surface area contributed by atoms with Gasteiger partial charge in [0.25, 0.3) is 5.91 Å². The van der Waals surface area contributed by atoms with Crippen LogP contribution in [0.4, 0.5) is 17.3 Å². The molecule has 6 N–H and O–H groups in total. The topological polar surface area (TPSA) is 153 Å². The minimum Gasteiger partial charge on any atom is -0.364 e. The van der Waals surface area contributed by atoms with Gasteiger partial charge in [0.05, 0.1) is 17.9 Å². The molecule has 0 aliphatic rings. The minimum absolute atomic E-state index is 0.0113. The molecule has 0 saturated carbocycles. The summed E-state index contributed by atoms with van der Waals surface area (Å²) in [5.41, 5.74) is 12.3. The van der Waals surface area contributed by atoms with Gasteiger partial charge in [0.2, 0.25) is 0 Å². The molecule has 0 aliphatic carbocycles. The number of hydrogen-bond acceptors (Lipinski definition) is 8. The molecule has 134 valence electrons. The molecule has 26 heavy (non-hydrogen) atoms. The fourth-order valence-electron chi connectivity index (χ4n) is 2.40. The van der Waals surface area contributed by atoms with Gasteiger partial charge in [-0.25, -0.2) is 15.0 Å². The number of imidazole rings is 1. The molecule has 3 aromatic heterocycles. The van der Waals surface area contributed by atoms with Crippen LogP contribution in [0.2, 0.25) is 0 Å². The zero-order valence-electron chi connectivity index (χ0n) is 13.8. The lowest BCUT2D eigenvalue weighted by Crippen LogP contribution is -2.25. The van der Waals surface area contributed by atoms with E-state index in [2.05, 4.69) is 25.6 Å². The standard InChI is InChI=1S/C16H18N8O2/c17-4-3-11(9-25)21-12-7-20-14(15(18)26)16(23-12)22-10-1-2-13-19-5-6-24(13)8-10/h1-2,5-9,11H,3-4,17H2,(H2,18,26)(H2,21,22,23). The van der Waals surface area contributed by atoms with Crippen molar-refractivity contribution in [1.29, 1.82) is 0 Å². The Morgan fingerprint density at radius 1 is 1.35 bits per heavy atom. The van der Waals surface area contributed by atoms with Crippen LogP contribution in [-0.2, 0) is 4.79 Å². The Morgan fingerprint density at radius 2 is 2.19 bits per heavy atom. The van der Waals surface area contributed by atoms with Crippen molar-refractivity contribution in [2.45, 2.75) is 12.5 Å².